The highest BCUT2D eigenvalue weighted by atomic mass is 32.2. The van der Waals surface area contributed by atoms with E-state index < -0.39 is 10.0 Å². The number of nitrogens with two attached hydrogens (primary N) is 1. The van der Waals surface area contributed by atoms with E-state index in [1.54, 1.807) is 16.9 Å². The molecule has 1 aromatic heterocycles. The van der Waals surface area contributed by atoms with Crippen LogP contribution in [0, 0.1) is 6.92 Å². The van der Waals surface area contributed by atoms with Crippen LogP contribution >= 0.6 is 0 Å². The lowest BCUT2D eigenvalue weighted by molar-refractivity contribution is -0.115. The van der Waals surface area contributed by atoms with E-state index in [1.165, 1.54) is 6.07 Å². The van der Waals surface area contributed by atoms with Crippen LogP contribution < -0.4 is 10.5 Å². The Balaban J connectivity index is 1.95. The molecule has 1 amide bonds. The average Bonchev–Trinajstić information content (AvgIpc) is 2.98. The first-order chi connectivity index (χ1) is 12.3. The van der Waals surface area contributed by atoms with E-state index in [4.69, 9.17) is 5.14 Å². The van der Waals surface area contributed by atoms with Gasteiger partial charge in [0, 0.05) is 23.8 Å². The number of amides is 1. The molecule has 0 radical (unpaired) electrons. The largest absolute Gasteiger partial charge is 0.326 e. The van der Waals surface area contributed by atoms with Crippen LogP contribution in [0.4, 0.5) is 5.69 Å². The lowest BCUT2D eigenvalue weighted by Crippen LogP contribution is -2.17. The van der Waals surface area contributed by atoms with Gasteiger partial charge in [-0.05, 0) is 37.1 Å². The van der Waals surface area contributed by atoms with Crippen molar-refractivity contribution in [2.45, 2.75) is 31.7 Å². The molecule has 3 N–H and O–H groups in total. The van der Waals surface area contributed by atoms with Gasteiger partial charge in [0.15, 0.2) is 0 Å². The van der Waals surface area contributed by atoms with Crippen molar-refractivity contribution >= 4 is 32.5 Å². The Morgan fingerprint density at radius 3 is 2.65 bits per heavy atom. The fourth-order valence-electron chi connectivity index (χ4n) is 2.80. The predicted octanol–water partition coefficient (Wildman–Crippen LogP) is 2.19. The van der Waals surface area contributed by atoms with Crippen molar-refractivity contribution in [1.29, 1.82) is 0 Å². The molecule has 0 aliphatic rings. The summed E-state index contributed by atoms with van der Waals surface area (Å²) in [7, 11) is -3.95. The molecule has 0 spiro atoms. The molecular weight excluding hydrogens is 352 g/mol. The lowest BCUT2D eigenvalue weighted by atomic mass is 10.1. The fourth-order valence-corrected chi connectivity index (χ4v) is 3.55. The van der Waals surface area contributed by atoms with Gasteiger partial charge in [-0.1, -0.05) is 24.3 Å². The number of hydrogen-bond acceptors (Lipinski definition) is 4. The van der Waals surface area contributed by atoms with Gasteiger partial charge in [-0.15, -0.1) is 0 Å². The van der Waals surface area contributed by atoms with Crippen molar-refractivity contribution in [2.24, 2.45) is 5.14 Å². The third kappa shape index (κ3) is 3.76. The summed E-state index contributed by atoms with van der Waals surface area (Å²) in [5, 5.41) is 12.8. The SMILES string of the molecule is CCn1cc2c(S(N)(=O)=O)cc(NC(=O)Cc3ccccc3C)cc2n1. The average molecular weight is 372 g/mol. The number of carbonyl (C=O) groups excluding carboxylic acids is 1. The number of hydrogen-bond donors (Lipinski definition) is 2. The third-order valence-corrected chi connectivity index (χ3v) is 5.11. The first kappa shape index (κ1) is 18.1. The molecule has 0 unspecified atom stereocenters. The zero-order valence-corrected chi connectivity index (χ0v) is 15.4. The zero-order chi connectivity index (χ0) is 18.9. The highest BCUT2D eigenvalue weighted by Gasteiger charge is 2.18. The first-order valence-corrected chi connectivity index (χ1v) is 9.71. The maximum absolute atomic E-state index is 12.4. The second kappa shape index (κ2) is 6.89. The van der Waals surface area contributed by atoms with E-state index >= 15 is 0 Å². The molecule has 2 aromatic carbocycles. The summed E-state index contributed by atoms with van der Waals surface area (Å²) in [6.45, 7) is 4.42. The number of rotatable bonds is 5. The number of sulfonamides is 1. The minimum Gasteiger partial charge on any atom is -0.326 e. The quantitative estimate of drug-likeness (QED) is 0.716. The smallest absolute Gasteiger partial charge is 0.238 e. The molecule has 0 saturated carbocycles. The Morgan fingerprint density at radius 2 is 2.00 bits per heavy atom. The summed E-state index contributed by atoms with van der Waals surface area (Å²) < 4.78 is 25.5. The molecule has 0 aliphatic heterocycles. The summed E-state index contributed by atoms with van der Waals surface area (Å²) in [5.41, 5.74) is 2.74. The minimum absolute atomic E-state index is 0.0547. The van der Waals surface area contributed by atoms with E-state index in [0.29, 0.717) is 23.1 Å². The normalized spacial score (nSPS) is 11.7. The number of aryl methyl sites for hydroxylation is 2. The van der Waals surface area contributed by atoms with Crippen molar-refractivity contribution in [2.75, 3.05) is 5.32 Å². The zero-order valence-electron chi connectivity index (χ0n) is 14.6. The molecule has 0 saturated heterocycles. The van der Waals surface area contributed by atoms with E-state index in [0.717, 1.165) is 11.1 Å². The molecule has 136 valence electrons. The van der Waals surface area contributed by atoms with Gasteiger partial charge in [-0.2, -0.15) is 5.10 Å². The van der Waals surface area contributed by atoms with E-state index in [2.05, 4.69) is 10.4 Å². The Kier molecular flexibility index (Phi) is 4.80. The summed E-state index contributed by atoms with van der Waals surface area (Å²) in [6.07, 6.45) is 1.83. The number of carbonyl (C=O) groups is 1. The summed E-state index contributed by atoms with van der Waals surface area (Å²) in [5.74, 6) is -0.242. The molecule has 0 atom stereocenters. The van der Waals surface area contributed by atoms with E-state index in [-0.39, 0.29) is 17.2 Å². The van der Waals surface area contributed by atoms with Crippen LogP contribution in [0.25, 0.3) is 10.9 Å². The first-order valence-electron chi connectivity index (χ1n) is 8.16. The number of fused-ring (bicyclic) bond motifs is 1. The van der Waals surface area contributed by atoms with Crippen LogP contribution in [0.3, 0.4) is 0 Å². The van der Waals surface area contributed by atoms with E-state index in [9.17, 15) is 13.2 Å². The van der Waals surface area contributed by atoms with Crippen molar-refractivity contribution in [1.82, 2.24) is 9.78 Å². The fraction of sp³-hybridized carbons (Fsp3) is 0.222. The van der Waals surface area contributed by atoms with Crippen LogP contribution in [-0.4, -0.2) is 24.1 Å². The number of nitrogens with zero attached hydrogens (tertiary/aromatic N) is 2. The Bertz CT molecular complexity index is 1090. The van der Waals surface area contributed by atoms with Gasteiger partial charge < -0.3 is 5.32 Å². The number of nitrogens with one attached hydrogen (secondary N) is 1. The Hall–Kier alpha value is -2.71. The third-order valence-electron chi connectivity index (χ3n) is 4.16. The van der Waals surface area contributed by atoms with Crippen LogP contribution in [-0.2, 0) is 27.8 Å². The van der Waals surface area contributed by atoms with Gasteiger partial charge in [0.05, 0.1) is 16.8 Å². The molecule has 0 aliphatic carbocycles. The van der Waals surface area contributed by atoms with Gasteiger partial charge >= 0.3 is 0 Å². The van der Waals surface area contributed by atoms with Crippen molar-refractivity contribution in [3.8, 4) is 0 Å². The van der Waals surface area contributed by atoms with Gasteiger partial charge in [-0.25, -0.2) is 13.6 Å². The predicted molar refractivity (Wildman–Crippen MR) is 100 cm³/mol. The second-order valence-electron chi connectivity index (χ2n) is 6.09. The molecule has 1 heterocycles. The molecule has 3 rings (SSSR count). The number of anilines is 1. The lowest BCUT2D eigenvalue weighted by Gasteiger charge is -2.09. The summed E-state index contributed by atoms with van der Waals surface area (Å²) in [6, 6.07) is 10.6. The molecule has 7 nitrogen and oxygen atoms in total. The van der Waals surface area contributed by atoms with E-state index in [1.807, 2.05) is 38.1 Å². The van der Waals surface area contributed by atoms with Gasteiger partial charge in [0.25, 0.3) is 0 Å². The maximum Gasteiger partial charge on any atom is 0.238 e. The highest BCUT2D eigenvalue weighted by Crippen LogP contribution is 2.26. The van der Waals surface area contributed by atoms with Crippen LogP contribution in [0.5, 0.6) is 0 Å². The number of benzene rings is 2. The maximum atomic E-state index is 12.4. The Morgan fingerprint density at radius 1 is 1.27 bits per heavy atom. The number of primary sulfonamides is 1. The summed E-state index contributed by atoms with van der Waals surface area (Å²) >= 11 is 0. The second-order valence-corrected chi connectivity index (χ2v) is 7.62. The number of aromatic nitrogens is 2. The monoisotopic (exact) mass is 372 g/mol. The van der Waals surface area contributed by atoms with Crippen molar-refractivity contribution in [3.05, 3.63) is 53.7 Å². The standard InChI is InChI=1S/C18H20N4O3S/c1-3-22-11-15-16(21-22)9-14(10-17(15)26(19,24)25)20-18(23)8-13-7-5-4-6-12(13)2/h4-7,9-11H,3,8H2,1-2H3,(H,20,23)(H2,19,24,25). The van der Waals surface area contributed by atoms with Gasteiger partial charge in [-0.3, -0.25) is 9.48 Å². The Labute approximate surface area is 151 Å². The highest BCUT2D eigenvalue weighted by molar-refractivity contribution is 7.89. The molecule has 0 bridgehead atoms. The minimum atomic E-state index is -3.95. The van der Waals surface area contributed by atoms with Gasteiger partial charge in [0.1, 0.15) is 0 Å². The summed E-state index contributed by atoms with van der Waals surface area (Å²) in [4.78, 5) is 12.3. The molecule has 3 aromatic rings. The molecule has 0 fully saturated rings. The topological polar surface area (TPSA) is 107 Å². The van der Waals surface area contributed by atoms with Crippen LogP contribution in [0.2, 0.25) is 0 Å². The van der Waals surface area contributed by atoms with Crippen LogP contribution in [0.15, 0.2) is 47.5 Å². The van der Waals surface area contributed by atoms with Gasteiger partial charge in [0.2, 0.25) is 15.9 Å². The molecule has 8 heteroatoms. The van der Waals surface area contributed by atoms with Crippen molar-refractivity contribution in [3.63, 3.8) is 0 Å². The molecule has 26 heavy (non-hydrogen) atoms. The molecular formula is C18H20N4O3S. The van der Waals surface area contributed by atoms with Crippen LogP contribution in [0.1, 0.15) is 18.1 Å². The van der Waals surface area contributed by atoms with Crippen molar-refractivity contribution < 1.29 is 13.2 Å².